The zero-order valence-electron chi connectivity index (χ0n) is 8.85. The molecule has 1 aromatic rings. The predicted octanol–water partition coefficient (Wildman–Crippen LogP) is 1.27. The zero-order valence-corrected chi connectivity index (χ0v) is 11.0. The number of hydrogen-bond donors (Lipinski definition) is 3. The molecule has 0 atom stereocenters. The molecule has 0 fully saturated rings. The summed E-state index contributed by atoms with van der Waals surface area (Å²) < 4.78 is 1.05. The maximum Gasteiger partial charge on any atom is 0.267 e. The largest absolute Gasteiger partial charge is 0.356 e. The van der Waals surface area contributed by atoms with Crippen molar-refractivity contribution < 1.29 is 4.79 Å². The van der Waals surface area contributed by atoms with Crippen LogP contribution in [0.4, 0.5) is 0 Å². The summed E-state index contributed by atoms with van der Waals surface area (Å²) in [6.07, 6.45) is 4.98. The molecular formula is C11H14IN3O. The van der Waals surface area contributed by atoms with Gasteiger partial charge in [-0.25, -0.2) is 0 Å². The number of amides is 1. The molecular weight excluding hydrogens is 317 g/mol. The topological polar surface area (TPSA) is 56.9 Å². The second-order valence-corrected chi connectivity index (χ2v) is 4.98. The van der Waals surface area contributed by atoms with Crippen molar-refractivity contribution in [1.82, 2.24) is 15.6 Å². The van der Waals surface area contributed by atoms with Gasteiger partial charge >= 0.3 is 0 Å². The summed E-state index contributed by atoms with van der Waals surface area (Å²) in [5.41, 5.74) is 1.92. The van der Waals surface area contributed by atoms with Crippen molar-refractivity contribution in [1.29, 1.82) is 0 Å². The van der Waals surface area contributed by atoms with E-state index >= 15 is 0 Å². The highest BCUT2D eigenvalue weighted by molar-refractivity contribution is 14.1. The number of hydrogen-bond acceptors (Lipinski definition) is 2. The molecule has 0 unspecified atom stereocenters. The Morgan fingerprint density at radius 3 is 3.06 bits per heavy atom. The Morgan fingerprint density at radius 1 is 1.56 bits per heavy atom. The van der Waals surface area contributed by atoms with E-state index in [2.05, 4.69) is 44.3 Å². The molecule has 1 aromatic heterocycles. The van der Waals surface area contributed by atoms with E-state index in [0.717, 1.165) is 23.1 Å². The van der Waals surface area contributed by atoms with Crippen molar-refractivity contribution in [3.63, 3.8) is 0 Å². The van der Waals surface area contributed by atoms with Crippen molar-refractivity contribution in [2.24, 2.45) is 0 Å². The molecule has 1 aliphatic heterocycles. The van der Waals surface area contributed by atoms with Gasteiger partial charge in [-0.15, -0.1) is 0 Å². The van der Waals surface area contributed by atoms with Crippen molar-refractivity contribution in [3.8, 4) is 0 Å². The van der Waals surface area contributed by atoms with E-state index < -0.39 is 0 Å². The minimum atomic E-state index is -0.0395. The molecule has 1 amide bonds. The standard InChI is InChI=1S/C11H14IN3O/c12-9-5-10(14-7-9)11(16)15-6-8-1-3-13-4-2-8/h1,5,7,13-14H,2-4,6H2,(H,15,16). The molecule has 0 radical (unpaired) electrons. The average Bonchev–Trinajstić information content (AvgIpc) is 2.74. The summed E-state index contributed by atoms with van der Waals surface area (Å²) >= 11 is 2.17. The third-order valence-electron chi connectivity index (χ3n) is 2.53. The van der Waals surface area contributed by atoms with Crippen LogP contribution in [0.3, 0.4) is 0 Å². The van der Waals surface area contributed by atoms with Gasteiger partial charge in [-0.2, -0.15) is 0 Å². The number of halogens is 1. The Kier molecular flexibility index (Phi) is 4.00. The summed E-state index contributed by atoms with van der Waals surface area (Å²) in [6.45, 7) is 2.56. The first-order valence-electron chi connectivity index (χ1n) is 5.26. The Labute approximate surface area is 108 Å². The summed E-state index contributed by atoms with van der Waals surface area (Å²) in [5, 5.41) is 6.15. The number of aromatic nitrogens is 1. The van der Waals surface area contributed by atoms with Crippen molar-refractivity contribution >= 4 is 28.5 Å². The van der Waals surface area contributed by atoms with Gasteiger partial charge in [0.2, 0.25) is 0 Å². The van der Waals surface area contributed by atoms with Crippen LogP contribution in [0.1, 0.15) is 16.9 Å². The molecule has 16 heavy (non-hydrogen) atoms. The van der Waals surface area contributed by atoms with Gasteiger partial charge in [-0.1, -0.05) is 11.6 Å². The van der Waals surface area contributed by atoms with Crippen LogP contribution in [0, 0.1) is 3.57 Å². The van der Waals surface area contributed by atoms with Gasteiger partial charge in [-0.05, 0) is 41.6 Å². The molecule has 2 heterocycles. The van der Waals surface area contributed by atoms with Crippen molar-refractivity contribution in [3.05, 3.63) is 33.2 Å². The highest BCUT2D eigenvalue weighted by Crippen LogP contribution is 2.07. The van der Waals surface area contributed by atoms with Crippen LogP contribution in [-0.4, -0.2) is 30.5 Å². The number of carbonyl (C=O) groups excluding carboxylic acids is 1. The third-order valence-corrected chi connectivity index (χ3v) is 3.15. The van der Waals surface area contributed by atoms with Crippen LogP contribution in [-0.2, 0) is 0 Å². The molecule has 3 N–H and O–H groups in total. The van der Waals surface area contributed by atoms with E-state index in [0.29, 0.717) is 12.2 Å². The Bertz CT molecular complexity index is 411. The van der Waals surface area contributed by atoms with Crippen molar-refractivity contribution in [2.45, 2.75) is 6.42 Å². The van der Waals surface area contributed by atoms with Crippen LogP contribution < -0.4 is 10.6 Å². The van der Waals surface area contributed by atoms with Gasteiger partial charge in [0.25, 0.3) is 5.91 Å². The number of carbonyl (C=O) groups is 1. The minimum absolute atomic E-state index is 0.0395. The zero-order chi connectivity index (χ0) is 11.4. The molecule has 0 spiro atoms. The Balaban J connectivity index is 1.86. The summed E-state index contributed by atoms with van der Waals surface area (Å²) in [5.74, 6) is -0.0395. The van der Waals surface area contributed by atoms with Gasteiger partial charge < -0.3 is 15.6 Å². The summed E-state index contributed by atoms with van der Waals surface area (Å²) in [7, 11) is 0. The van der Waals surface area contributed by atoms with Crippen molar-refractivity contribution in [2.75, 3.05) is 19.6 Å². The van der Waals surface area contributed by atoms with Crippen LogP contribution >= 0.6 is 22.6 Å². The van der Waals surface area contributed by atoms with E-state index in [1.807, 2.05) is 12.3 Å². The smallest absolute Gasteiger partial charge is 0.267 e. The highest BCUT2D eigenvalue weighted by atomic mass is 127. The fraction of sp³-hybridized carbons (Fsp3) is 0.364. The van der Waals surface area contributed by atoms with E-state index in [4.69, 9.17) is 0 Å². The van der Waals surface area contributed by atoms with Gasteiger partial charge in [0.15, 0.2) is 0 Å². The number of rotatable bonds is 3. The number of H-pyrrole nitrogens is 1. The molecule has 4 nitrogen and oxygen atoms in total. The van der Waals surface area contributed by atoms with Crippen LogP contribution in [0.25, 0.3) is 0 Å². The molecule has 0 aromatic carbocycles. The molecule has 86 valence electrons. The van der Waals surface area contributed by atoms with E-state index in [1.54, 1.807) is 0 Å². The number of aromatic amines is 1. The highest BCUT2D eigenvalue weighted by Gasteiger charge is 2.09. The molecule has 2 rings (SSSR count). The van der Waals surface area contributed by atoms with Gasteiger partial charge in [-0.3, -0.25) is 4.79 Å². The second kappa shape index (κ2) is 5.49. The number of nitrogens with one attached hydrogen (secondary N) is 3. The quantitative estimate of drug-likeness (QED) is 0.577. The fourth-order valence-electron chi connectivity index (χ4n) is 1.62. The Morgan fingerprint density at radius 2 is 2.44 bits per heavy atom. The molecule has 0 saturated heterocycles. The lowest BCUT2D eigenvalue weighted by atomic mass is 10.1. The molecule has 5 heteroatoms. The molecule has 0 saturated carbocycles. The van der Waals surface area contributed by atoms with Crippen LogP contribution in [0.15, 0.2) is 23.9 Å². The van der Waals surface area contributed by atoms with Gasteiger partial charge in [0.1, 0.15) is 5.69 Å². The van der Waals surface area contributed by atoms with Crippen LogP contribution in [0.5, 0.6) is 0 Å². The second-order valence-electron chi connectivity index (χ2n) is 3.73. The predicted molar refractivity (Wildman–Crippen MR) is 71.4 cm³/mol. The fourth-order valence-corrected chi connectivity index (χ4v) is 2.09. The van der Waals surface area contributed by atoms with E-state index in [1.165, 1.54) is 5.57 Å². The lowest BCUT2D eigenvalue weighted by Crippen LogP contribution is -2.29. The van der Waals surface area contributed by atoms with E-state index in [-0.39, 0.29) is 5.91 Å². The molecule has 0 bridgehead atoms. The SMILES string of the molecule is O=C(NCC1=CCNCC1)c1cc(I)c[nH]1. The lowest BCUT2D eigenvalue weighted by molar-refractivity contribution is 0.0952. The molecule has 0 aliphatic carbocycles. The van der Waals surface area contributed by atoms with Gasteiger partial charge in [0, 0.05) is 22.9 Å². The monoisotopic (exact) mass is 331 g/mol. The summed E-state index contributed by atoms with van der Waals surface area (Å²) in [6, 6.07) is 1.84. The molecule has 1 aliphatic rings. The Hall–Kier alpha value is -0.820. The maximum atomic E-state index is 11.7. The van der Waals surface area contributed by atoms with Crippen LogP contribution in [0.2, 0.25) is 0 Å². The van der Waals surface area contributed by atoms with E-state index in [9.17, 15) is 4.79 Å². The first-order valence-corrected chi connectivity index (χ1v) is 6.34. The lowest BCUT2D eigenvalue weighted by Gasteiger charge is -2.14. The third kappa shape index (κ3) is 3.08. The maximum absolute atomic E-state index is 11.7. The first kappa shape index (κ1) is 11.7. The average molecular weight is 331 g/mol. The first-order chi connectivity index (χ1) is 7.75. The van der Waals surface area contributed by atoms with Gasteiger partial charge in [0.05, 0.1) is 0 Å². The summed E-state index contributed by atoms with van der Waals surface area (Å²) in [4.78, 5) is 14.7. The minimum Gasteiger partial charge on any atom is -0.356 e. The normalized spacial score (nSPS) is 15.7.